The number of hydrogen-bond acceptors (Lipinski definition) is 3. The average Bonchev–Trinajstić information content (AvgIpc) is 3.28. The van der Waals surface area contributed by atoms with Crippen LogP contribution in [0, 0.1) is 10.7 Å². The van der Waals surface area contributed by atoms with Crippen LogP contribution in [-0.4, -0.2) is 14.3 Å². The summed E-state index contributed by atoms with van der Waals surface area (Å²) in [5.41, 5.74) is 1.75. The maximum Gasteiger partial charge on any atom is 0.280 e. The summed E-state index contributed by atoms with van der Waals surface area (Å²) >= 11 is 5.51. The summed E-state index contributed by atoms with van der Waals surface area (Å²) in [6.07, 6.45) is 8.97. The van der Waals surface area contributed by atoms with Gasteiger partial charge in [0.2, 0.25) is 0 Å². The molecule has 0 amide bonds. The Balaban J connectivity index is 2.14. The van der Waals surface area contributed by atoms with Gasteiger partial charge in [0, 0.05) is 12.6 Å². The third-order valence-corrected chi connectivity index (χ3v) is 4.71. The van der Waals surface area contributed by atoms with Gasteiger partial charge in [0.15, 0.2) is 10.5 Å². The first kappa shape index (κ1) is 14.7. The summed E-state index contributed by atoms with van der Waals surface area (Å²) in [6.45, 7) is 4.88. The SMILES string of the molecule is CC(C)n1nc(C2=CCCCC2)c(=O)n(CC2CC2)c1=S. The quantitative estimate of drug-likeness (QED) is 0.796. The van der Waals surface area contributed by atoms with Crippen LogP contribution >= 0.6 is 12.2 Å². The number of aromatic nitrogens is 3. The minimum atomic E-state index is 0.0111. The normalized spacial score (nSPS) is 18.9. The topological polar surface area (TPSA) is 39.8 Å². The van der Waals surface area contributed by atoms with Crippen molar-refractivity contribution in [2.45, 2.75) is 65.0 Å². The Morgan fingerprint density at radius 2 is 2.14 bits per heavy atom. The zero-order valence-electron chi connectivity index (χ0n) is 12.8. The van der Waals surface area contributed by atoms with Gasteiger partial charge in [-0.3, -0.25) is 9.36 Å². The molecular formula is C16H23N3OS. The highest BCUT2D eigenvalue weighted by Crippen LogP contribution is 2.30. The molecule has 1 aromatic heterocycles. The average molecular weight is 305 g/mol. The molecule has 0 bridgehead atoms. The third-order valence-electron chi connectivity index (χ3n) is 4.30. The second-order valence-electron chi connectivity index (χ2n) is 6.50. The summed E-state index contributed by atoms with van der Waals surface area (Å²) in [7, 11) is 0. The van der Waals surface area contributed by atoms with Crippen molar-refractivity contribution in [3.05, 3.63) is 26.9 Å². The third kappa shape index (κ3) is 3.03. The smallest absolute Gasteiger partial charge is 0.280 e. The molecule has 1 saturated carbocycles. The lowest BCUT2D eigenvalue weighted by Gasteiger charge is -2.18. The summed E-state index contributed by atoms with van der Waals surface area (Å²) in [5, 5.41) is 4.59. The van der Waals surface area contributed by atoms with E-state index in [-0.39, 0.29) is 11.6 Å². The van der Waals surface area contributed by atoms with Gasteiger partial charge in [-0.2, -0.15) is 5.10 Å². The molecule has 0 aliphatic heterocycles. The first-order chi connectivity index (χ1) is 10.1. The lowest BCUT2D eigenvalue weighted by atomic mass is 9.97. The van der Waals surface area contributed by atoms with Gasteiger partial charge in [-0.15, -0.1) is 0 Å². The Kier molecular flexibility index (Phi) is 4.11. The van der Waals surface area contributed by atoms with Gasteiger partial charge in [0.25, 0.3) is 5.56 Å². The maximum atomic E-state index is 12.8. The van der Waals surface area contributed by atoms with E-state index < -0.39 is 0 Å². The largest absolute Gasteiger partial charge is 0.282 e. The Morgan fingerprint density at radius 3 is 2.71 bits per heavy atom. The Labute approximate surface area is 130 Å². The van der Waals surface area contributed by atoms with E-state index in [1.807, 2.05) is 4.68 Å². The van der Waals surface area contributed by atoms with Gasteiger partial charge in [0.1, 0.15) is 0 Å². The van der Waals surface area contributed by atoms with Crippen LogP contribution in [0.4, 0.5) is 0 Å². The first-order valence-corrected chi connectivity index (χ1v) is 8.42. The Bertz CT molecular complexity index is 680. The molecule has 3 rings (SSSR count). The van der Waals surface area contributed by atoms with Crippen molar-refractivity contribution >= 4 is 17.8 Å². The minimum absolute atomic E-state index is 0.0111. The van der Waals surface area contributed by atoms with E-state index in [1.54, 1.807) is 4.57 Å². The molecule has 2 aliphatic rings. The lowest BCUT2D eigenvalue weighted by Crippen LogP contribution is -2.32. The summed E-state index contributed by atoms with van der Waals surface area (Å²) in [4.78, 5) is 12.8. The van der Waals surface area contributed by atoms with Crippen LogP contribution in [0.25, 0.3) is 5.57 Å². The Morgan fingerprint density at radius 1 is 1.38 bits per heavy atom. The summed E-state index contributed by atoms with van der Waals surface area (Å²) < 4.78 is 4.19. The van der Waals surface area contributed by atoms with Crippen molar-refractivity contribution < 1.29 is 0 Å². The molecular weight excluding hydrogens is 282 g/mol. The van der Waals surface area contributed by atoms with E-state index in [1.165, 1.54) is 19.3 Å². The second-order valence-corrected chi connectivity index (χ2v) is 6.87. The van der Waals surface area contributed by atoms with Gasteiger partial charge >= 0.3 is 0 Å². The van der Waals surface area contributed by atoms with Crippen molar-refractivity contribution in [1.29, 1.82) is 0 Å². The number of rotatable bonds is 4. The Hall–Kier alpha value is -1.23. The van der Waals surface area contributed by atoms with Crippen LogP contribution in [0.1, 0.15) is 64.1 Å². The van der Waals surface area contributed by atoms with Gasteiger partial charge in [-0.05, 0) is 76.1 Å². The van der Waals surface area contributed by atoms with Crippen molar-refractivity contribution in [1.82, 2.24) is 14.3 Å². The van der Waals surface area contributed by atoms with E-state index in [0.29, 0.717) is 16.4 Å². The van der Waals surface area contributed by atoms with Crippen LogP contribution < -0.4 is 5.56 Å². The molecule has 1 fully saturated rings. The highest BCUT2D eigenvalue weighted by Gasteiger charge is 2.25. The van der Waals surface area contributed by atoms with Crippen molar-refractivity contribution in [2.75, 3.05) is 0 Å². The number of hydrogen-bond donors (Lipinski definition) is 0. The number of allylic oxidation sites excluding steroid dienone is 2. The van der Waals surface area contributed by atoms with Crippen LogP contribution in [0.15, 0.2) is 10.9 Å². The van der Waals surface area contributed by atoms with Crippen LogP contribution in [0.3, 0.4) is 0 Å². The fraction of sp³-hybridized carbons (Fsp3) is 0.688. The predicted octanol–water partition coefficient (Wildman–Crippen LogP) is 3.72. The highest BCUT2D eigenvalue weighted by molar-refractivity contribution is 7.71. The molecule has 0 N–H and O–H groups in total. The van der Waals surface area contributed by atoms with Crippen LogP contribution in [0.2, 0.25) is 0 Å². The molecule has 2 aliphatic carbocycles. The molecule has 21 heavy (non-hydrogen) atoms. The summed E-state index contributed by atoms with van der Waals surface area (Å²) in [5.74, 6) is 0.626. The molecule has 0 radical (unpaired) electrons. The monoisotopic (exact) mass is 305 g/mol. The summed E-state index contributed by atoms with van der Waals surface area (Å²) in [6, 6.07) is 0.173. The van der Waals surface area contributed by atoms with Gasteiger partial charge in [-0.25, -0.2) is 4.68 Å². The molecule has 0 unspecified atom stereocenters. The van der Waals surface area contributed by atoms with E-state index in [4.69, 9.17) is 12.2 Å². The molecule has 114 valence electrons. The molecule has 0 saturated heterocycles. The van der Waals surface area contributed by atoms with Crippen molar-refractivity contribution in [2.24, 2.45) is 5.92 Å². The van der Waals surface area contributed by atoms with Crippen LogP contribution in [0.5, 0.6) is 0 Å². The molecule has 1 heterocycles. The maximum absolute atomic E-state index is 12.8. The van der Waals surface area contributed by atoms with E-state index >= 15 is 0 Å². The van der Waals surface area contributed by atoms with Crippen molar-refractivity contribution in [3.8, 4) is 0 Å². The molecule has 0 spiro atoms. The van der Waals surface area contributed by atoms with Gasteiger partial charge in [0.05, 0.1) is 0 Å². The molecule has 4 nitrogen and oxygen atoms in total. The fourth-order valence-corrected chi connectivity index (χ4v) is 3.25. The predicted molar refractivity (Wildman–Crippen MR) is 86.9 cm³/mol. The zero-order valence-corrected chi connectivity index (χ0v) is 13.7. The first-order valence-electron chi connectivity index (χ1n) is 8.01. The fourth-order valence-electron chi connectivity index (χ4n) is 2.84. The second kappa shape index (κ2) is 5.87. The standard InChI is InChI=1S/C16H23N3OS/c1-11(2)19-16(21)18(10-12-8-9-12)15(20)14(17-19)13-6-4-3-5-7-13/h6,11-12H,3-5,7-10H2,1-2H3. The number of nitrogens with zero attached hydrogens (tertiary/aromatic N) is 3. The van der Waals surface area contributed by atoms with Gasteiger partial charge in [-0.1, -0.05) is 6.08 Å². The zero-order chi connectivity index (χ0) is 15.0. The van der Waals surface area contributed by atoms with E-state index in [2.05, 4.69) is 25.0 Å². The van der Waals surface area contributed by atoms with E-state index in [9.17, 15) is 4.79 Å². The van der Waals surface area contributed by atoms with Crippen LogP contribution in [-0.2, 0) is 6.54 Å². The molecule has 0 atom stereocenters. The molecule has 0 aromatic carbocycles. The highest BCUT2D eigenvalue weighted by atomic mass is 32.1. The molecule has 1 aromatic rings. The van der Waals surface area contributed by atoms with E-state index in [0.717, 1.165) is 31.4 Å². The molecule has 5 heteroatoms. The van der Waals surface area contributed by atoms with Crippen molar-refractivity contribution in [3.63, 3.8) is 0 Å². The minimum Gasteiger partial charge on any atom is -0.282 e. The van der Waals surface area contributed by atoms with Gasteiger partial charge < -0.3 is 0 Å². The lowest BCUT2D eigenvalue weighted by molar-refractivity contribution is 0.449.